The molecule has 3 aromatic heterocycles. The summed E-state index contributed by atoms with van der Waals surface area (Å²) in [5.41, 5.74) is 7.90. The van der Waals surface area contributed by atoms with E-state index in [9.17, 15) is 4.79 Å². The highest BCUT2D eigenvalue weighted by molar-refractivity contribution is 7.19. The van der Waals surface area contributed by atoms with E-state index in [-0.39, 0.29) is 5.91 Å². The van der Waals surface area contributed by atoms with Gasteiger partial charge in [-0.05, 0) is 49.6 Å². The Hall–Kier alpha value is -3.85. The number of thiazole rings is 1. The highest BCUT2D eigenvalue weighted by atomic mass is 32.1. The van der Waals surface area contributed by atoms with Gasteiger partial charge < -0.3 is 10.2 Å². The number of aromatic nitrogens is 4. The van der Waals surface area contributed by atoms with Gasteiger partial charge >= 0.3 is 0 Å². The lowest BCUT2D eigenvalue weighted by atomic mass is 9.95. The van der Waals surface area contributed by atoms with E-state index in [0.717, 1.165) is 57.3 Å². The highest BCUT2D eigenvalue weighted by Gasteiger charge is 2.30. The van der Waals surface area contributed by atoms with Crippen LogP contribution in [-0.4, -0.2) is 39.0 Å². The minimum atomic E-state index is -0.0421. The van der Waals surface area contributed by atoms with Crippen molar-refractivity contribution >= 4 is 28.6 Å². The van der Waals surface area contributed by atoms with Gasteiger partial charge in [0.25, 0.3) is 0 Å². The Morgan fingerprint density at radius 3 is 2.76 bits per heavy atom. The monoisotopic (exact) mass is 472 g/mol. The van der Waals surface area contributed by atoms with Crippen molar-refractivity contribution in [3.8, 4) is 27.5 Å². The molecule has 0 fully saturated rings. The molecule has 4 aromatic rings. The summed E-state index contributed by atoms with van der Waals surface area (Å²) >= 11 is 1.50. The summed E-state index contributed by atoms with van der Waals surface area (Å²) in [5.74, 6) is -0.0421. The number of pyridine rings is 1. The third kappa shape index (κ3) is 4.10. The average Bonchev–Trinajstić information content (AvgIpc) is 3.44. The topological polar surface area (TPSA) is 94.3 Å². The zero-order chi connectivity index (χ0) is 23.7. The number of nitrogens with one attached hydrogen (secondary N) is 1. The molecular formula is C25H24N6O2S. The Kier molecular flexibility index (Phi) is 5.93. The minimum Gasteiger partial charge on any atom is -0.399 e. The van der Waals surface area contributed by atoms with E-state index >= 15 is 0 Å². The van der Waals surface area contributed by atoms with Gasteiger partial charge in [0.15, 0.2) is 5.13 Å². The fourth-order valence-corrected chi connectivity index (χ4v) is 5.06. The van der Waals surface area contributed by atoms with Gasteiger partial charge in [0, 0.05) is 29.4 Å². The lowest BCUT2D eigenvalue weighted by Gasteiger charge is -2.14. The van der Waals surface area contributed by atoms with E-state index in [1.807, 2.05) is 55.1 Å². The molecular weight excluding hydrogens is 448 g/mol. The fraction of sp³-hybridized carbons (Fsp3) is 0.240. The van der Waals surface area contributed by atoms with Crippen LogP contribution in [0.15, 0.2) is 47.8 Å². The van der Waals surface area contributed by atoms with Gasteiger partial charge in [-0.2, -0.15) is 5.10 Å². The average molecular weight is 473 g/mol. The zero-order valence-electron chi connectivity index (χ0n) is 19.2. The van der Waals surface area contributed by atoms with Crippen LogP contribution in [0.1, 0.15) is 35.9 Å². The molecule has 0 radical (unpaired) electrons. The van der Waals surface area contributed by atoms with E-state index in [0.29, 0.717) is 11.6 Å². The second-order valence-corrected chi connectivity index (χ2v) is 8.98. The molecule has 1 aliphatic rings. The lowest BCUT2D eigenvalue weighted by Crippen LogP contribution is -2.09. The van der Waals surface area contributed by atoms with Crippen LogP contribution in [0.25, 0.3) is 27.5 Å². The molecule has 9 heteroatoms. The molecule has 0 saturated heterocycles. The fourth-order valence-electron chi connectivity index (χ4n) is 3.97. The maximum Gasteiger partial charge on any atom is 0.225 e. The number of oxime groups is 1. The molecule has 3 heterocycles. The van der Waals surface area contributed by atoms with E-state index in [1.165, 1.54) is 24.0 Å². The molecule has 1 aromatic carbocycles. The SMILES string of the molecule is CCC(=O)Nc1nc2c(s1)-c1c(c(-c3ccc(C)nc3)nn1-c1ccc(C=NOC)cc1)CC2. The predicted octanol–water partition coefficient (Wildman–Crippen LogP) is 4.79. The number of amides is 1. The molecule has 0 saturated carbocycles. The number of benzene rings is 1. The smallest absolute Gasteiger partial charge is 0.225 e. The molecule has 5 rings (SSSR count). The summed E-state index contributed by atoms with van der Waals surface area (Å²) < 4.78 is 1.98. The molecule has 172 valence electrons. The summed E-state index contributed by atoms with van der Waals surface area (Å²) in [6.07, 6.45) is 5.56. The zero-order valence-corrected chi connectivity index (χ0v) is 20.0. The number of anilines is 1. The predicted molar refractivity (Wildman–Crippen MR) is 134 cm³/mol. The third-order valence-electron chi connectivity index (χ3n) is 5.70. The Labute approximate surface area is 201 Å². The number of hydrogen-bond donors (Lipinski definition) is 1. The molecule has 1 N–H and O–H groups in total. The van der Waals surface area contributed by atoms with Gasteiger partial charge in [-0.25, -0.2) is 9.67 Å². The molecule has 1 aliphatic carbocycles. The third-order valence-corrected chi connectivity index (χ3v) is 6.72. The first kappa shape index (κ1) is 22.0. The Morgan fingerprint density at radius 2 is 2.06 bits per heavy atom. The first-order valence-corrected chi connectivity index (χ1v) is 11.9. The maximum absolute atomic E-state index is 12.0. The Bertz CT molecular complexity index is 1370. The molecule has 0 aliphatic heterocycles. The molecule has 8 nitrogen and oxygen atoms in total. The molecule has 0 bridgehead atoms. The number of hydrogen-bond acceptors (Lipinski definition) is 7. The second-order valence-electron chi connectivity index (χ2n) is 7.98. The second kappa shape index (κ2) is 9.18. The van der Waals surface area contributed by atoms with Gasteiger partial charge in [0.05, 0.1) is 33.9 Å². The van der Waals surface area contributed by atoms with Crippen LogP contribution in [0.5, 0.6) is 0 Å². The molecule has 1 amide bonds. The van der Waals surface area contributed by atoms with E-state index in [2.05, 4.69) is 21.5 Å². The summed E-state index contributed by atoms with van der Waals surface area (Å²) in [6.45, 7) is 3.81. The first-order valence-electron chi connectivity index (χ1n) is 11.1. The molecule has 0 atom stereocenters. The number of aryl methyl sites for hydroxylation is 2. The number of nitrogens with zero attached hydrogens (tertiary/aromatic N) is 5. The summed E-state index contributed by atoms with van der Waals surface area (Å²) in [7, 11) is 1.52. The van der Waals surface area contributed by atoms with Crippen molar-refractivity contribution in [3.05, 3.63) is 65.1 Å². The van der Waals surface area contributed by atoms with Crippen molar-refractivity contribution in [2.45, 2.75) is 33.1 Å². The molecule has 0 spiro atoms. The summed E-state index contributed by atoms with van der Waals surface area (Å²) in [4.78, 5) is 27.0. The number of carbonyl (C=O) groups excluding carboxylic acids is 1. The highest BCUT2D eigenvalue weighted by Crippen LogP contribution is 2.44. The molecule has 34 heavy (non-hydrogen) atoms. The van der Waals surface area contributed by atoms with Crippen LogP contribution >= 0.6 is 11.3 Å². The van der Waals surface area contributed by atoms with Crippen LogP contribution in [0.4, 0.5) is 5.13 Å². The van der Waals surface area contributed by atoms with E-state index < -0.39 is 0 Å². The van der Waals surface area contributed by atoms with Gasteiger partial charge in [-0.15, -0.1) is 0 Å². The van der Waals surface area contributed by atoms with Crippen molar-refractivity contribution in [2.75, 3.05) is 12.4 Å². The van der Waals surface area contributed by atoms with E-state index in [1.54, 1.807) is 6.21 Å². The van der Waals surface area contributed by atoms with Crippen LogP contribution in [-0.2, 0) is 22.5 Å². The van der Waals surface area contributed by atoms with Crippen molar-refractivity contribution in [1.82, 2.24) is 19.7 Å². The molecule has 0 unspecified atom stereocenters. The van der Waals surface area contributed by atoms with Gasteiger partial charge in [-0.1, -0.05) is 35.5 Å². The lowest BCUT2D eigenvalue weighted by molar-refractivity contribution is -0.115. The van der Waals surface area contributed by atoms with Crippen LogP contribution in [0.3, 0.4) is 0 Å². The normalized spacial score (nSPS) is 12.4. The first-order chi connectivity index (χ1) is 16.6. The Morgan fingerprint density at radius 1 is 1.24 bits per heavy atom. The summed E-state index contributed by atoms with van der Waals surface area (Å²) in [5, 5.41) is 12.4. The van der Waals surface area contributed by atoms with Crippen molar-refractivity contribution in [3.63, 3.8) is 0 Å². The van der Waals surface area contributed by atoms with Crippen LogP contribution in [0, 0.1) is 6.92 Å². The Balaban J connectivity index is 1.65. The summed E-state index contributed by atoms with van der Waals surface area (Å²) in [6, 6.07) is 12.0. The number of fused-ring (bicyclic) bond motifs is 3. The van der Waals surface area contributed by atoms with Crippen LogP contribution in [0.2, 0.25) is 0 Å². The maximum atomic E-state index is 12.0. The number of rotatable bonds is 6. The quantitative estimate of drug-likeness (QED) is 0.322. The largest absolute Gasteiger partial charge is 0.399 e. The number of carbonyl (C=O) groups is 1. The van der Waals surface area contributed by atoms with Crippen molar-refractivity contribution in [1.29, 1.82) is 0 Å². The van der Waals surface area contributed by atoms with Crippen molar-refractivity contribution in [2.24, 2.45) is 5.16 Å². The van der Waals surface area contributed by atoms with E-state index in [4.69, 9.17) is 14.9 Å². The van der Waals surface area contributed by atoms with Gasteiger partial charge in [-0.3, -0.25) is 9.78 Å². The van der Waals surface area contributed by atoms with Crippen LogP contribution < -0.4 is 5.32 Å². The van der Waals surface area contributed by atoms with Gasteiger partial charge in [0.1, 0.15) is 7.11 Å². The van der Waals surface area contributed by atoms with Crippen molar-refractivity contribution < 1.29 is 9.63 Å². The standard InChI is InChI=1S/C25H24N6O2S/c1-4-21(32)29-25-28-20-12-11-19-22(17-8-5-15(2)26-14-17)30-31(23(19)24(20)34-25)18-9-6-16(7-10-18)13-27-33-3/h5-10,13-14H,4,11-12H2,1-3H3,(H,28,29,32). The van der Waals surface area contributed by atoms with Gasteiger partial charge in [0.2, 0.25) is 5.91 Å². The minimum absolute atomic E-state index is 0.0421.